The van der Waals surface area contributed by atoms with Gasteiger partial charge in [0.25, 0.3) is 5.22 Å². The van der Waals surface area contributed by atoms with E-state index in [0.29, 0.717) is 22.1 Å². The molecule has 100 valence electrons. The van der Waals surface area contributed by atoms with Crippen LogP contribution in [-0.2, 0) is 5.75 Å². The van der Waals surface area contributed by atoms with E-state index in [1.807, 2.05) is 13.8 Å². The van der Waals surface area contributed by atoms with Crippen LogP contribution in [0.2, 0.25) is 0 Å². The molecule has 0 saturated carbocycles. The fraction of sp³-hybridized carbons (Fsp3) is 0.286. The first kappa shape index (κ1) is 13.7. The topological polar surface area (TPSA) is 63.3 Å². The summed E-state index contributed by atoms with van der Waals surface area (Å²) < 4.78 is 5.46. The minimum Gasteiger partial charge on any atom is -0.508 e. The Hall–Kier alpha value is -1.75. The molecule has 0 radical (unpaired) electrons. The third-order valence-corrected chi connectivity index (χ3v) is 3.72. The van der Waals surface area contributed by atoms with Gasteiger partial charge in [-0.1, -0.05) is 11.8 Å². The molecule has 5 heteroatoms. The molecule has 1 N–H and O–H groups in total. The van der Waals surface area contributed by atoms with Crippen molar-refractivity contribution in [2.75, 3.05) is 0 Å². The number of nitrogens with zero attached hydrogens (tertiary/aromatic N) is 1. The zero-order chi connectivity index (χ0) is 14.0. The van der Waals surface area contributed by atoms with Crippen LogP contribution in [0.25, 0.3) is 0 Å². The van der Waals surface area contributed by atoms with Crippen molar-refractivity contribution in [2.24, 2.45) is 0 Å². The molecule has 0 aliphatic carbocycles. The van der Waals surface area contributed by atoms with Crippen molar-refractivity contribution in [1.82, 2.24) is 4.98 Å². The van der Waals surface area contributed by atoms with Gasteiger partial charge in [-0.15, -0.1) is 0 Å². The van der Waals surface area contributed by atoms with Crippen LogP contribution in [0.4, 0.5) is 0 Å². The maximum absolute atomic E-state index is 11.3. The molecule has 0 atom stereocenters. The molecule has 1 aromatic heterocycles. The van der Waals surface area contributed by atoms with Crippen LogP contribution in [0.5, 0.6) is 5.75 Å². The molecule has 0 amide bonds. The molecular formula is C14H15NO3S. The Bertz CT molecular complexity index is 600. The largest absolute Gasteiger partial charge is 0.508 e. The molecule has 0 spiro atoms. The second-order valence-corrected chi connectivity index (χ2v) is 5.24. The number of ketones is 1. The van der Waals surface area contributed by atoms with Gasteiger partial charge < -0.3 is 9.52 Å². The molecule has 2 rings (SSSR count). The van der Waals surface area contributed by atoms with Crippen LogP contribution >= 0.6 is 11.8 Å². The predicted molar refractivity (Wildman–Crippen MR) is 73.6 cm³/mol. The van der Waals surface area contributed by atoms with Crippen LogP contribution in [0, 0.1) is 13.8 Å². The Labute approximate surface area is 115 Å². The van der Waals surface area contributed by atoms with Gasteiger partial charge in [-0.3, -0.25) is 4.79 Å². The number of aryl methyl sites for hydroxylation is 2. The number of aromatic nitrogens is 1. The first-order chi connectivity index (χ1) is 8.97. The Morgan fingerprint density at radius 3 is 2.74 bits per heavy atom. The third-order valence-electron chi connectivity index (χ3n) is 2.85. The third kappa shape index (κ3) is 3.17. The lowest BCUT2D eigenvalue weighted by atomic mass is 10.1. The number of carbonyl (C=O) groups is 1. The van der Waals surface area contributed by atoms with Gasteiger partial charge in [-0.25, -0.2) is 4.98 Å². The molecule has 0 fully saturated rings. The second kappa shape index (κ2) is 5.48. The summed E-state index contributed by atoms with van der Waals surface area (Å²) in [6, 6.07) is 4.86. The molecule has 0 saturated heterocycles. The first-order valence-electron chi connectivity index (χ1n) is 5.87. The Morgan fingerprint density at radius 2 is 2.16 bits per heavy atom. The number of thioether (sulfide) groups is 1. The molecule has 0 bridgehead atoms. The molecule has 1 aromatic carbocycles. The van der Waals surface area contributed by atoms with Gasteiger partial charge in [0.15, 0.2) is 5.78 Å². The highest BCUT2D eigenvalue weighted by Crippen LogP contribution is 2.28. The van der Waals surface area contributed by atoms with E-state index in [2.05, 4.69) is 4.98 Å². The zero-order valence-corrected chi connectivity index (χ0v) is 11.9. The predicted octanol–water partition coefficient (Wildman–Crippen LogP) is 3.49. The smallest absolute Gasteiger partial charge is 0.256 e. The van der Waals surface area contributed by atoms with E-state index in [4.69, 9.17) is 4.42 Å². The highest BCUT2D eigenvalue weighted by atomic mass is 32.2. The van der Waals surface area contributed by atoms with E-state index in [1.54, 1.807) is 18.2 Å². The second-order valence-electron chi connectivity index (χ2n) is 4.31. The molecule has 0 aliphatic rings. The highest BCUT2D eigenvalue weighted by Gasteiger charge is 2.10. The molecule has 0 unspecified atom stereocenters. The lowest BCUT2D eigenvalue weighted by molar-refractivity contribution is 0.101. The minimum absolute atomic E-state index is 0.0194. The van der Waals surface area contributed by atoms with E-state index in [9.17, 15) is 9.90 Å². The van der Waals surface area contributed by atoms with E-state index in [0.717, 1.165) is 11.5 Å². The Balaban J connectivity index is 2.14. The van der Waals surface area contributed by atoms with Crippen LogP contribution in [0.15, 0.2) is 27.8 Å². The minimum atomic E-state index is -0.0194. The van der Waals surface area contributed by atoms with Crippen molar-refractivity contribution < 1.29 is 14.3 Å². The van der Waals surface area contributed by atoms with Crippen LogP contribution in [0.3, 0.4) is 0 Å². The number of Topliss-reactive ketones (excluding diaryl/α,β-unsaturated/α-hetero) is 1. The Kier molecular flexibility index (Phi) is 3.95. The van der Waals surface area contributed by atoms with E-state index >= 15 is 0 Å². The number of hydrogen-bond acceptors (Lipinski definition) is 5. The molecular weight excluding hydrogens is 262 g/mol. The SMILES string of the molecule is CC(=O)c1ccc(O)c(CSc2nc(C)c(C)o2)c1. The molecule has 1 heterocycles. The van der Waals surface area contributed by atoms with Gasteiger partial charge in [-0.05, 0) is 39.0 Å². The summed E-state index contributed by atoms with van der Waals surface area (Å²) in [6.07, 6.45) is 0. The number of phenolic OH excluding ortho intramolecular Hbond substituents is 1. The monoisotopic (exact) mass is 277 g/mol. The lowest BCUT2D eigenvalue weighted by Crippen LogP contribution is -1.93. The summed E-state index contributed by atoms with van der Waals surface area (Å²) in [6.45, 7) is 5.25. The summed E-state index contributed by atoms with van der Waals surface area (Å²) in [5.74, 6) is 1.46. The molecule has 0 aliphatic heterocycles. The number of phenols is 1. The lowest BCUT2D eigenvalue weighted by Gasteiger charge is -2.04. The summed E-state index contributed by atoms with van der Waals surface area (Å²) in [5.41, 5.74) is 2.16. The van der Waals surface area contributed by atoms with Crippen molar-refractivity contribution in [1.29, 1.82) is 0 Å². The number of oxazole rings is 1. The fourth-order valence-electron chi connectivity index (χ4n) is 1.56. The quantitative estimate of drug-likeness (QED) is 0.684. The molecule has 2 aromatic rings. The van der Waals surface area contributed by atoms with Gasteiger partial charge in [-0.2, -0.15) is 0 Å². The number of benzene rings is 1. The van der Waals surface area contributed by atoms with Crippen molar-refractivity contribution in [3.8, 4) is 5.75 Å². The van der Waals surface area contributed by atoms with Crippen molar-refractivity contribution in [3.63, 3.8) is 0 Å². The van der Waals surface area contributed by atoms with Crippen molar-refractivity contribution >= 4 is 17.5 Å². The number of carbonyl (C=O) groups excluding carboxylic acids is 1. The maximum Gasteiger partial charge on any atom is 0.256 e. The molecule has 4 nitrogen and oxygen atoms in total. The highest BCUT2D eigenvalue weighted by molar-refractivity contribution is 7.98. The number of hydrogen-bond donors (Lipinski definition) is 1. The van der Waals surface area contributed by atoms with Gasteiger partial charge >= 0.3 is 0 Å². The standard InChI is InChI=1S/C14H15NO3S/c1-8-10(3)18-14(15-8)19-7-12-6-11(9(2)16)4-5-13(12)17/h4-6,17H,7H2,1-3H3. The van der Waals surface area contributed by atoms with E-state index in [1.165, 1.54) is 18.7 Å². The Morgan fingerprint density at radius 1 is 1.42 bits per heavy atom. The summed E-state index contributed by atoms with van der Waals surface area (Å²) in [4.78, 5) is 15.6. The van der Waals surface area contributed by atoms with Gasteiger partial charge in [0.1, 0.15) is 11.5 Å². The average molecular weight is 277 g/mol. The average Bonchev–Trinajstić information content (AvgIpc) is 2.67. The number of rotatable bonds is 4. The fourth-order valence-corrected chi connectivity index (χ4v) is 2.46. The first-order valence-corrected chi connectivity index (χ1v) is 6.85. The van der Waals surface area contributed by atoms with Gasteiger partial charge in [0.2, 0.25) is 0 Å². The molecule has 19 heavy (non-hydrogen) atoms. The summed E-state index contributed by atoms with van der Waals surface area (Å²) in [7, 11) is 0. The van der Waals surface area contributed by atoms with Gasteiger partial charge in [0.05, 0.1) is 5.69 Å². The normalized spacial score (nSPS) is 10.7. The van der Waals surface area contributed by atoms with Crippen LogP contribution in [-0.4, -0.2) is 15.9 Å². The zero-order valence-electron chi connectivity index (χ0n) is 11.1. The van der Waals surface area contributed by atoms with E-state index in [-0.39, 0.29) is 11.5 Å². The number of aromatic hydroxyl groups is 1. The van der Waals surface area contributed by atoms with E-state index < -0.39 is 0 Å². The van der Waals surface area contributed by atoms with Gasteiger partial charge in [0, 0.05) is 16.9 Å². The summed E-state index contributed by atoms with van der Waals surface area (Å²) >= 11 is 1.39. The van der Waals surface area contributed by atoms with Crippen molar-refractivity contribution in [2.45, 2.75) is 31.7 Å². The van der Waals surface area contributed by atoms with Crippen molar-refractivity contribution in [3.05, 3.63) is 40.8 Å². The van der Waals surface area contributed by atoms with Crippen LogP contribution < -0.4 is 0 Å². The maximum atomic E-state index is 11.3. The van der Waals surface area contributed by atoms with Crippen LogP contribution in [0.1, 0.15) is 34.3 Å². The summed E-state index contributed by atoms with van der Waals surface area (Å²) in [5, 5.41) is 10.4.